The fraction of sp³-hybridized carbons (Fsp3) is 0.625. The highest BCUT2D eigenvalue weighted by atomic mass is 32.2. The summed E-state index contributed by atoms with van der Waals surface area (Å²) in [6.45, 7) is 6.59. The van der Waals surface area contributed by atoms with E-state index in [4.69, 9.17) is 9.47 Å². The smallest absolute Gasteiger partial charge is 0.119 e. The third-order valence-corrected chi connectivity index (χ3v) is 11.4. The second-order valence-corrected chi connectivity index (χ2v) is 13.4. The average molecular weight is 522 g/mol. The summed E-state index contributed by atoms with van der Waals surface area (Å²) in [6, 6.07) is 15.6. The molecule has 200 valence electrons. The first kappa shape index (κ1) is 25.6. The van der Waals surface area contributed by atoms with E-state index in [-0.39, 0.29) is 11.5 Å². The third kappa shape index (κ3) is 5.04. The van der Waals surface area contributed by atoms with Gasteiger partial charge in [-0.3, -0.25) is 4.90 Å². The van der Waals surface area contributed by atoms with Gasteiger partial charge < -0.3 is 14.6 Å². The standard InChI is InChI=1S/C32H43NO3S/c1-32-15-14-27-26-11-8-24(35-2)20-22(26)21-29(31(27)28(32)12-13-30(32)34)37-25-9-6-23(7-10-25)36-19-18-33-16-4-3-5-17-33/h6-11,20,27-31,34H,3-5,12-19,21H2,1-2H3/t27?,28?,29-,30+,31?,32+/m1/s1. The van der Waals surface area contributed by atoms with Gasteiger partial charge in [-0.15, -0.1) is 11.8 Å². The molecule has 1 saturated heterocycles. The molecule has 4 nitrogen and oxygen atoms in total. The van der Waals surface area contributed by atoms with E-state index in [0.29, 0.717) is 23.0 Å². The molecule has 0 bridgehead atoms. The lowest BCUT2D eigenvalue weighted by molar-refractivity contribution is -0.0209. The van der Waals surface area contributed by atoms with Crippen molar-refractivity contribution < 1.29 is 14.6 Å². The highest BCUT2D eigenvalue weighted by Crippen LogP contribution is 2.62. The molecule has 6 rings (SSSR count). The number of aliphatic hydroxyl groups excluding tert-OH is 1. The van der Waals surface area contributed by atoms with Gasteiger partial charge in [-0.1, -0.05) is 19.4 Å². The molecule has 0 amide bonds. The molecule has 3 fully saturated rings. The number of methoxy groups -OCH3 is 1. The Balaban J connectivity index is 1.18. The van der Waals surface area contributed by atoms with Crippen molar-refractivity contribution in [2.45, 2.75) is 80.5 Å². The summed E-state index contributed by atoms with van der Waals surface area (Å²) in [4.78, 5) is 3.85. The molecule has 2 aromatic carbocycles. The van der Waals surface area contributed by atoms with Crippen LogP contribution < -0.4 is 9.47 Å². The van der Waals surface area contributed by atoms with Crippen LogP contribution in [0.3, 0.4) is 0 Å². The van der Waals surface area contributed by atoms with Crippen molar-refractivity contribution in [3.8, 4) is 11.5 Å². The second-order valence-electron chi connectivity index (χ2n) is 12.1. The molecular formula is C32H43NO3S. The average Bonchev–Trinajstić information content (AvgIpc) is 3.24. The SMILES string of the molecule is COc1ccc2c(c1)C[C@@H](Sc1ccc(OCCN3CCCCC3)cc1)C1C2CC[C@@]2(C)C1CC[C@@H]2O. The van der Waals surface area contributed by atoms with Gasteiger partial charge in [0, 0.05) is 16.7 Å². The van der Waals surface area contributed by atoms with Crippen LogP contribution in [0, 0.1) is 17.3 Å². The fourth-order valence-electron chi connectivity index (χ4n) is 8.03. The third-order valence-electron chi connectivity index (χ3n) is 10.1. The zero-order chi connectivity index (χ0) is 25.4. The summed E-state index contributed by atoms with van der Waals surface area (Å²) in [5.74, 6) is 3.70. The van der Waals surface area contributed by atoms with Gasteiger partial charge in [0.25, 0.3) is 0 Å². The first-order chi connectivity index (χ1) is 18.0. The van der Waals surface area contributed by atoms with Gasteiger partial charge in [0.2, 0.25) is 0 Å². The maximum Gasteiger partial charge on any atom is 0.119 e. The molecule has 0 aromatic heterocycles. The normalized spacial score (nSPS) is 33.3. The lowest BCUT2D eigenvalue weighted by Crippen LogP contribution is -2.48. The van der Waals surface area contributed by atoms with Crippen molar-refractivity contribution in [3.05, 3.63) is 53.6 Å². The number of hydrogen-bond donors (Lipinski definition) is 1. The number of benzene rings is 2. The van der Waals surface area contributed by atoms with Crippen LogP contribution in [0.4, 0.5) is 0 Å². The minimum absolute atomic E-state index is 0.0655. The Hall–Kier alpha value is -1.69. The zero-order valence-corrected chi connectivity index (χ0v) is 23.3. The van der Waals surface area contributed by atoms with E-state index in [1.165, 1.54) is 54.8 Å². The molecule has 5 heteroatoms. The Morgan fingerprint density at radius 1 is 1.00 bits per heavy atom. The van der Waals surface area contributed by atoms with Gasteiger partial charge in [0.1, 0.15) is 18.1 Å². The monoisotopic (exact) mass is 521 g/mol. The number of nitrogens with zero attached hydrogens (tertiary/aromatic N) is 1. The largest absolute Gasteiger partial charge is 0.497 e. The Labute approximate surface area is 227 Å². The van der Waals surface area contributed by atoms with Crippen molar-refractivity contribution in [1.82, 2.24) is 4.90 Å². The Morgan fingerprint density at radius 2 is 1.78 bits per heavy atom. The summed E-state index contributed by atoms with van der Waals surface area (Å²) in [7, 11) is 1.77. The zero-order valence-electron chi connectivity index (χ0n) is 22.5. The molecule has 0 spiro atoms. The van der Waals surface area contributed by atoms with Crippen LogP contribution in [0.2, 0.25) is 0 Å². The molecule has 1 heterocycles. The maximum absolute atomic E-state index is 11.0. The van der Waals surface area contributed by atoms with E-state index in [2.05, 4.69) is 54.3 Å². The van der Waals surface area contributed by atoms with Gasteiger partial charge in [-0.2, -0.15) is 0 Å². The van der Waals surface area contributed by atoms with Crippen molar-refractivity contribution in [1.29, 1.82) is 0 Å². The van der Waals surface area contributed by atoms with Crippen LogP contribution in [-0.2, 0) is 6.42 Å². The Morgan fingerprint density at radius 3 is 2.57 bits per heavy atom. The number of likely N-dealkylation sites (tertiary alicyclic amines) is 1. The number of fused-ring (bicyclic) bond motifs is 5. The molecule has 2 aromatic rings. The highest BCUT2D eigenvalue weighted by molar-refractivity contribution is 8.00. The van der Waals surface area contributed by atoms with Gasteiger partial charge >= 0.3 is 0 Å². The van der Waals surface area contributed by atoms with Crippen LogP contribution >= 0.6 is 11.8 Å². The minimum atomic E-state index is -0.150. The molecule has 1 aliphatic heterocycles. The lowest BCUT2D eigenvalue weighted by atomic mass is 9.55. The summed E-state index contributed by atoms with van der Waals surface area (Å²) in [5.41, 5.74) is 3.05. The molecule has 4 aliphatic rings. The van der Waals surface area contributed by atoms with Crippen molar-refractivity contribution in [2.24, 2.45) is 17.3 Å². The topological polar surface area (TPSA) is 41.9 Å². The molecule has 2 saturated carbocycles. The van der Waals surface area contributed by atoms with Crippen LogP contribution in [0.25, 0.3) is 0 Å². The van der Waals surface area contributed by atoms with Gasteiger partial charge in [-0.05, 0) is 129 Å². The molecule has 1 N–H and O–H groups in total. The molecule has 3 unspecified atom stereocenters. The molecule has 6 atom stereocenters. The van der Waals surface area contributed by atoms with Crippen molar-refractivity contribution in [2.75, 3.05) is 33.4 Å². The summed E-state index contributed by atoms with van der Waals surface area (Å²) in [5, 5.41) is 11.5. The van der Waals surface area contributed by atoms with Gasteiger partial charge in [0.15, 0.2) is 0 Å². The van der Waals surface area contributed by atoms with E-state index in [0.717, 1.165) is 50.3 Å². The van der Waals surface area contributed by atoms with Gasteiger partial charge in [-0.25, -0.2) is 0 Å². The molecule has 3 aliphatic carbocycles. The predicted molar refractivity (Wildman–Crippen MR) is 151 cm³/mol. The van der Waals surface area contributed by atoms with Crippen molar-refractivity contribution in [3.63, 3.8) is 0 Å². The number of piperidine rings is 1. The van der Waals surface area contributed by atoms with E-state index in [9.17, 15) is 5.11 Å². The molecular weight excluding hydrogens is 478 g/mol. The number of thioether (sulfide) groups is 1. The first-order valence-electron chi connectivity index (χ1n) is 14.5. The minimum Gasteiger partial charge on any atom is -0.497 e. The number of aliphatic hydroxyl groups is 1. The van der Waals surface area contributed by atoms with E-state index >= 15 is 0 Å². The summed E-state index contributed by atoms with van der Waals surface area (Å²) < 4.78 is 11.7. The maximum atomic E-state index is 11.0. The van der Waals surface area contributed by atoms with E-state index < -0.39 is 0 Å². The lowest BCUT2D eigenvalue weighted by Gasteiger charge is -2.52. The predicted octanol–water partition coefficient (Wildman–Crippen LogP) is 6.55. The van der Waals surface area contributed by atoms with Crippen LogP contribution in [0.15, 0.2) is 47.4 Å². The van der Waals surface area contributed by atoms with Crippen LogP contribution in [0.1, 0.15) is 68.9 Å². The number of hydrogen-bond acceptors (Lipinski definition) is 5. The van der Waals surface area contributed by atoms with Crippen LogP contribution in [0.5, 0.6) is 11.5 Å². The van der Waals surface area contributed by atoms with Crippen molar-refractivity contribution >= 4 is 11.8 Å². The van der Waals surface area contributed by atoms with Gasteiger partial charge in [0.05, 0.1) is 13.2 Å². The Bertz CT molecular complexity index is 1070. The highest BCUT2D eigenvalue weighted by Gasteiger charge is 2.56. The number of ether oxygens (including phenoxy) is 2. The summed E-state index contributed by atoms with van der Waals surface area (Å²) >= 11 is 2.05. The molecule has 37 heavy (non-hydrogen) atoms. The Kier molecular flexibility index (Phi) is 7.48. The van der Waals surface area contributed by atoms with E-state index in [1.807, 2.05) is 11.8 Å². The second kappa shape index (κ2) is 10.8. The molecule has 0 radical (unpaired) electrons. The van der Waals surface area contributed by atoms with Crippen LogP contribution in [-0.4, -0.2) is 54.7 Å². The summed E-state index contributed by atoms with van der Waals surface area (Å²) in [6.07, 6.45) is 9.36. The number of rotatable bonds is 7. The van der Waals surface area contributed by atoms with E-state index in [1.54, 1.807) is 7.11 Å². The quantitative estimate of drug-likeness (QED) is 0.448. The fourth-order valence-corrected chi connectivity index (χ4v) is 9.48. The first-order valence-corrected chi connectivity index (χ1v) is 15.4.